The number of oxime groups is 1. The minimum atomic E-state index is -0.923. The van der Waals surface area contributed by atoms with E-state index >= 15 is 0 Å². The van der Waals surface area contributed by atoms with Crippen molar-refractivity contribution in [1.29, 1.82) is 0 Å². The van der Waals surface area contributed by atoms with E-state index < -0.39 is 29.3 Å². The Labute approximate surface area is 159 Å². The second kappa shape index (κ2) is 7.70. The van der Waals surface area contributed by atoms with E-state index in [1.54, 1.807) is 47.6 Å². The molecule has 0 aromatic rings. The summed E-state index contributed by atoms with van der Waals surface area (Å²) in [5, 5.41) is 3.94. The minimum absolute atomic E-state index is 0.0978. The third-order valence-electron chi connectivity index (χ3n) is 4.48. The van der Waals surface area contributed by atoms with Crippen LogP contribution in [0.2, 0.25) is 0 Å². The van der Waals surface area contributed by atoms with Gasteiger partial charge in [0.1, 0.15) is 17.4 Å². The quantitative estimate of drug-likeness (QED) is 0.550. The fourth-order valence-corrected chi connectivity index (χ4v) is 3.11. The predicted molar refractivity (Wildman–Crippen MR) is 98.3 cm³/mol. The highest BCUT2D eigenvalue weighted by molar-refractivity contribution is 6.46. The van der Waals surface area contributed by atoms with Gasteiger partial charge >= 0.3 is 12.1 Å². The van der Waals surface area contributed by atoms with Gasteiger partial charge in [0.05, 0.1) is 13.2 Å². The second-order valence-corrected chi connectivity index (χ2v) is 7.87. The first-order chi connectivity index (χ1) is 12.5. The second-order valence-electron chi connectivity index (χ2n) is 7.87. The summed E-state index contributed by atoms with van der Waals surface area (Å²) in [6.45, 7) is 10.7. The maximum absolute atomic E-state index is 12.6. The number of hydrogen-bond donors (Lipinski definition) is 0. The predicted octanol–water partition coefficient (Wildman–Crippen LogP) is 2.61. The number of carbonyl (C=O) groups excluding carboxylic acids is 3. The van der Waals surface area contributed by atoms with E-state index in [-0.39, 0.29) is 31.8 Å². The van der Waals surface area contributed by atoms with E-state index in [9.17, 15) is 14.4 Å². The van der Waals surface area contributed by atoms with E-state index in [0.717, 1.165) is 0 Å². The lowest BCUT2D eigenvalue weighted by Crippen LogP contribution is -2.44. The Bertz CT molecular complexity index is 691. The van der Waals surface area contributed by atoms with Gasteiger partial charge in [-0.2, -0.15) is 0 Å². The molecule has 1 spiro atoms. The van der Waals surface area contributed by atoms with E-state index in [0.29, 0.717) is 11.3 Å². The number of hydrogen-bond acceptors (Lipinski definition) is 7. The maximum atomic E-state index is 12.6. The maximum Gasteiger partial charge on any atom is 0.411 e. The van der Waals surface area contributed by atoms with Gasteiger partial charge in [-0.1, -0.05) is 11.2 Å². The molecule has 0 aromatic carbocycles. The smallest absolute Gasteiger partial charge is 0.411 e. The van der Waals surface area contributed by atoms with Gasteiger partial charge in [-0.15, -0.1) is 0 Å². The van der Waals surface area contributed by atoms with Crippen molar-refractivity contribution in [3.63, 3.8) is 0 Å². The van der Waals surface area contributed by atoms with Crippen molar-refractivity contribution in [3.05, 3.63) is 11.6 Å². The molecule has 1 amide bonds. The van der Waals surface area contributed by atoms with Crippen molar-refractivity contribution in [2.45, 2.75) is 71.6 Å². The first-order valence-electron chi connectivity index (χ1n) is 9.11. The number of allylic oxidation sites excluding steroid dienone is 2. The summed E-state index contributed by atoms with van der Waals surface area (Å²) in [5.74, 6) is -0.717. The van der Waals surface area contributed by atoms with E-state index in [2.05, 4.69) is 5.16 Å². The molecule has 2 atom stereocenters. The van der Waals surface area contributed by atoms with E-state index in [1.165, 1.54) is 4.90 Å². The largest absolute Gasteiger partial charge is 0.464 e. The number of likely N-dealkylation sites (tertiary alicyclic amines) is 1. The van der Waals surface area contributed by atoms with Crippen molar-refractivity contribution in [3.8, 4) is 0 Å². The zero-order valence-corrected chi connectivity index (χ0v) is 16.8. The lowest BCUT2D eigenvalue weighted by molar-refractivity contribution is -0.148. The molecule has 2 aliphatic heterocycles. The van der Waals surface area contributed by atoms with Gasteiger partial charge in [-0.25, -0.2) is 9.59 Å². The number of ketones is 1. The van der Waals surface area contributed by atoms with Gasteiger partial charge in [0.15, 0.2) is 5.60 Å². The zero-order chi connectivity index (χ0) is 20.4. The lowest BCUT2D eigenvalue weighted by atomic mass is 9.91. The first kappa shape index (κ1) is 20.9. The molecule has 2 rings (SSSR count). The van der Waals surface area contributed by atoms with Crippen LogP contribution < -0.4 is 0 Å². The Balaban J connectivity index is 2.21. The molecule has 1 saturated heterocycles. The standard InChI is InChI=1S/C19H28N2O6/c1-7-12(3)15(22)13-9-19(27-20-13)10-14(16(23)25-8-2)21(11-19)17(24)26-18(4,5)6/h7,14H,8-11H2,1-6H3/b12-7+/t14-,19+/m0/s1. The van der Waals surface area contributed by atoms with Crippen LogP contribution in [0.3, 0.4) is 0 Å². The summed E-state index contributed by atoms with van der Waals surface area (Å²) >= 11 is 0. The van der Waals surface area contributed by atoms with Crippen LogP contribution in [-0.4, -0.2) is 58.9 Å². The van der Waals surface area contributed by atoms with Crippen LogP contribution in [-0.2, 0) is 23.9 Å². The molecule has 27 heavy (non-hydrogen) atoms. The normalized spacial score (nSPS) is 25.3. The molecule has 150 valence electrons. The monoisotopic (exact) mass is 380 g/mol. The van der Waals surface area contributed by atoms with Crippen LogP contribution in [0.5, 0.6) is 0 Å². The van der Waals surface area contributed by atoms with Crippen molar-refractivity contribution in [2.75, 3.05) is 13.2 Å². The first-order valence-corrected chi connectivity index (χ1v) is 9.11. The Hall–Kier alpha value is -2.38. The highest BCUT2D eigenvalue weighted by Gasteiger charge is 2.55. The van der Waals surface area contributed by atoms with Gasteiger partial charge in [0.2, 0.25) is 5.78 Å². The SMILES string of the molecule is C/C=C(\C)C(=O)C1=NO[C@]2(C1)C[C@@H](C(=O)OCC)N(C(=O)OC(C)(C)C)C2. The van der Waals surface area contributed by atoms with Crippen molar-refractivity contribution in [2.24, 2.45) is 5.16 Å². The van der Waals surface area contributed by atoms with Crippen molar-refractivity contribution < 1.29 is 28.7 Å². The summed E-state index contributed by atoms with van der Waals surface area (Å²) in [4.78, 5) is 44.3. The summed E-state index contributed by atoms with van der Waals surface area (Å²) in [6, 6.07) is -0.840. The summed E-state index contributed by atoms with van der Waals surface area (Å²) in [6.07, 6.45) is 1.51. The highest BCUT2D eigenvalue weighted by atomic mass is 16.7. The molecule has 0 aromatic heterocycles. The molecule has 0 N–H and O–H groups in total. The van der Waals surface area contributed by atoms with Gasteiger partial charge in [0, 0.05) is 12.8 Å². The zero-order valence-electron chi connectivity index (χ0n) is 16.8. The van der Waals surface area contributed by atoms with E-state index in [4.69, 9.17) is 14.3 Å². The third-order valence-corrected chi connectivity index (χ3v) is 4.48. The lowest BCUT2D eigenvalue weighted by Gasteiger charge is -2.27. The fraction of sp³-hybridized carbons (Fsp3) is 0.684. The summed E-state index contributed by atoms with van der Waals surface area (Å²) in [7, 11) is 0. The third kappa shape index (κ3) is 4.67. The number of amides is 1. The molecule has 8 heteroatoms. The van der Waals surface area contributed by atoms with Crippen LogP contribution in [0, 0.1) is 0 Å². The molecule has 0 unspecified atom stereocenters. The molecule has 0 radical (unpaired) electrons. The van der Waals surface area contributed by atoms with Crippen LogP contribution >= 0.6 is 0 Å². The van der Waals surface area contributed by atoms with Gasteiger partial charge < -0.3 is 14.3 Å². The molecule has 0 bridgehead atoms. The van der Waals surface area contributed by atoms with Crippen LogP contribution in [0.25, 0.3) is 0 Å². The van der Waals surface area contributed by atoms with Crippen molar-refractivity contribution in [1.82, 2.24) is 4.90 Å². The molecule has 2 aliphatic rings. The van der Waals surface area contributed by atoms with Crippen LogP contribution in [0.4, 0.5) is 4.79 Å². The number of nitrogens with zero attached hydrogens (tertiary/aromatic N) is 2. The number of carbonyl (C=O) groups is 3. The Morgan fingerprint density at radius 3 is 2.59 bits per heavy atom. The molecule has 2 heterocycles. The number of esters is 1. The Morgan fingerprint density at radius 1 is 1.37 bits per heavy atom. The average molecular weight is 380 g/mol. The number of Topliss-reactive ketones (excluding diaryl/α,β-unsaturated/α-hetero) is 1. The molecule has 8 nitrogen and oxygen atoms in total. The van der Waals surface area contributed by atoms with Gasteiger partial charge in [-0.3, -0.25) is 9.69 Å². The fourth-order valence-electron chi connectivity index (χ4n) is 3.11. The molecular weight excluding hydrogens is 352 g/mol. The summed E-state index contributed by atoms with van der Waals surface area (Å²) < 4.78 is 10.5. The topological polar surface area (TPSA) is 94.5 Å². The molecule has 0 aliphatic carbocycles. The van der Waals surface area contributed by atoms with Crippen LogP contribution in [0.15, 0.2) is 16.8 Å². The number of rotatable bonds is 4. The van der Waals surface area contributed by atoms with Crippen LogP contribution in [0.1, 0.15) is 54.4 Å². The average Bonchev–Trinajstić information content (AvgIpc) is 3.17. The minimum Gasteiger partial charge on any atom is -0.464 e. The Kier molecular flexibility index (Phi) is 5.97. The molecule has 1 fully saturated rings. The number of ether oxygens (including phenoxy) is 2. The summed E-state index contributed by atoms with van der Waals surface area (Å²) in [5.41, 5.74) is -0.770. The molecule has 0 saturated carbocycles. The van der Waals surface area contributed by atoms with Gasteiger partial charge in [0.25, 0.3) is 0 Å². The Morgan fingerprint density at radius 2 is 2.04 bits per heavy atom. The van der Waals surface area contributed by atoms with E-state index in [1.807, 2.05) is 0 Å². The van der Waals surface area contributed by atoms with Gasteiger partial charge in [-0.05, 0) is 47.1 Å². The van der Waals surface area contributed by atoms with Crippen molar-refractivity contribution >= 4 is 23.6 Å². The highest BCUT2D eigenvalue weighted by Crippen LogP contribution is 2.39. The molecular formula is C19H28N2O6.